The Bertz CT molecular complexity index is 3480. The van der Waals surface area contributed by atoms with E-state index in [-0.39, 0.29) is 39.3 Å². The van der Waals surface area contributed by atoms with Crippen LogP contribution in [0, 0.1) is 28.7 Å². The second kappa shape index (κ2) is 23.4. The van der Waals surface area contributed by atoms with Gasteiger partial charge in [0.25, 0.3) is 0 Å². The first-order chi connectivity index (χ1) is 35.7. The molecule has 0 aliphatic rings. The Labute approximate surface area is 423 Å². The van der Waals surface area contributed by atoms with Gasteiger partial charge in [0.2, 0.25) is 5.90 Å². The van der Waals surface area contributed by atoms with E-state index in [1.54, 1.807) is 24.4 Å². The standard InChI is InChI=1S/C64H55F4N3O2/c1-3-5-8-15-42-20-22-43(23-21-42)46-27-29-55(60(65)39-46)57-33-32-56(63(67)64(57)68)54-31-30-53(49-25-24-45-38-50(28-26-44(45)36-49)72-34-13-6-7-14-35-73-61(69)4-2)62(66)59(54)41-71-70-40-58-51-18-11-9-16-47(51)37-48-17-10-12-19-52(48)58/h4,9-12,16-33,36-41,69H,2-3,5-8,13-15,34-35H2,1H3/b69-61?,70-40+,71-41+. The minimum Gasteiger partial charge on any atom is -0.494 e. The van der Waals surface area contributed by atoms with E-state index in [1.165, 1.54) is 42.1 Å². The summed E-state index contributed by atoms with van der Waals surface area (Å²) in [5.74, 6) is -3.14. The second-order valence-electron chi connectivity index (χ2n) is 18.2. The van der Waals surface area contributed by atoms with E-state index in [4.69, 9.17) is 14.9 Å². The molecule has 0 heterocycles. The van der Waals surface area contributed by atoms with Crippen molar-refractivity contribution < 1.29 is 27.0 Å². The molecule has 9 rings (SSSR count). The number of fused-ring (bicyclic) bond motifs is 3. The number of hydrogen-bond acceptors (Lipinski definition) is 5. The molecule has 0 aromatic heterocycles. The van der Waals surface area contributed by atoms with Gasteiger partial charge >= 0.3 is 0 Å². The molecule has 0 saturated heterocycles. The largest absolute Gasteiger partial charge is 0.494 e. The van der Waals surface area contributed by atoms with Crippen LogP contribution in [0.1, 0.15) is 68.6 Å². The normalized spacial score (nSPS) is 11.6. The lowest BCUT2D eigenvalue weighted by Gasteiger charge is -2.15. The van der Waals surface area contributed by atoms with Crippen molar-refractivity contribution in [2.75, 3.05) is 13.2 Å². The predicted molar refractivity (Wildman–Crippen MR) is 293 cm³/mol. The summed E-state index contributed by atoms with van der Waals surface area (Å²) in [6, 6.07) is 47.5. The first kappa shape index (κ1) is 49.8. The van der Waals surface area contributed by atoms with Gasteiger partial charge in [-0.05, 0) is 135 Å². The Balaban J connectivity index is 1.01. The van der Waals surface area contributed by atoms with Gasteiger partial charge < -0.3 is 9.47 Å². The summed E-state index contributed by atoms with van der Waals surface area (Å²) >= 11 is 0. The van der Waals surface area contributed by atoms with Crippen LogP contribution < -0.4 is 4.74 Å². The summed E-state index contributed by atoms with van der Waals surface area (Å²) in [5.41, 5.74) is 3.58. The van der Waals surface area contributed by atoms with E-state index >= 15 is 17.6 Å². The Morgan fingerprint density at radius 2 is 1.10 bits per heavy atom. The van der Waals surface area contributed by atoms with Crippen molar-refractivity contribution in [2.24, 2.45) is 10.2 Å². The first-order valence-corrected chi connectivity index (χ1v) is 24.9. The maximum atomic E-state index is 17.3. The van der Waals surface area contributed by atoms with Crippen molar-refractivity contribution >= 4 is 50.6 Å². The lowest BCUT2D eigenvalue weighted by atomic mass is 9.91. The number of unbranched alkanes of at least 4 members (excludes halogenated alkanes) is 5. The molecule has 0 saturated carbocycles. The third kappa shape index (κ3) is 11.5. The highest BCUT2D eigenvalue weighted by Crippen LogP contribution is 2.39. The van der Waals surface area contributed by atoms with Crippen LogP contribution in [-0.4, -0.2) is 31.5 Å². The SMILES string of the molecule is C=CC(=N)OCCCCCCOc1ccc2cc(-c3ccc(-c4ccc(-c5ccc(-c6ccc(CCCCC)cc6)cc5F)c(F)c4F)c(/C=N/N=C/c4c5ccccc5cc5ccccc45)c3F)ccc2c1. The van der Waals surface area contributed by atoms with Gasteiger partial charge in [-0.1, -0.05) is 154 Å². The Morgan fingerprint density at radius 3 is 1.79 bits per heavy atom. The molecule has 0 radical (unpaired) electrons. The van der Waals surface area contributed by atoms with Gasteiger partial charge in [-0.25, -0.2) is 17.6 Å². The van der Waals surface area contributed by atoms with Gasteiger partial charge in [-0.15, -0.1) is 0 Å². The Morgan fingerprint density at radius 1 is 0.507 bits per heavy atom. The summed E-state index contributed by atoms with van der Waals surface area (Å²) in [6.45, 7) is 6.73. The second-order valence-corrected chi connectivity index (χ2v) is 18.2. The average molecular weight is 974 g/mol. The summed E-state index contributed by atoms with van der Waals surface area (Å²) in [6.07, 6.45) is 12.2. The van der Waals surface area contributed by atoms with Crippen LogP contribution in [0.25, 0.3) is 76.8 Å². The lowest BCUT2D eigenvalue weighted by Crippen LogP contribution is -2.01. The fourth-order valence-electron chi connectivity index (χ4n) is 9.34. The number of rotatable bonds is 20. The average Bonchev–Trinajstić information content (AvgIpc) is 3.41. The van der Waals surface area contributed by atoms with Crippen molar-refractivity contribution in [3.8, 4) is 50.3 Å². The fraction of sp³-hybridized carbons (Fsp3) is 0.172. The first-order valence-electron chi connectivity index (χ1n) is 24.9. The zero-order valence-corrected chi connectivity index (χ0v) is 40.7. The highest BCUT2D eigenvalue weighted by Gasteiger charge is 2.23. The molecule has 0 atom stereocenters. The number of benzene rings is 9. The minimum atomic E-state index is -1.26. The van der Waals surface area contributed by atoms with Gasteiger partial charge in [0.15, 0.2) is 11.6 Å². The molecule has 0 amide bonds. The summed E-state index contributed by atoms with van der Waals surface area (Å²) in [5, 5.41) is 21.9. The van der Waals surface area contributed by atoms with E-state index in [1.807, 2.05) is 109 Å². The molecule has 0 aliphatic heterocycles. The quantitative estimate of drug-likeness (QED) is 0.0206. The molecule has 0 unspecified atom stereocenters. The van der Waals surface area contributed by atoms with Crippen molar-refractivity contribution in [3.63, 3.8) is 0 Å². The summed E-state index contributed by atoms with van der Waals surface area (Å²) in [4.78, 5) is 0. The third-order valence-corrected chi connectivity index (χ3v) is 13.3. The number of aryl methyl sites for hydroxylation is 1. The molecule has 9 aromatic rings. The van der Waals surface area contributed by atoms with Crippen LogP contribution in [0.3, 0.4) is 0 Å². The maximum absolute atomic E-state index is 17.3. The molecule has 0 spiro atoms. The molecule has 366 valence electrons. The molecule has 0 fully saturated rings. The molecule has 0 aliphatic carbocycles. The molecule has 9 heteroatoms. The molecule has 73 heavy (non-hydrogen) atoms. The topological polar surface area (TPSA) is 67.0 Å². The molecule has 9 aromatic carbocycles. The lowest BCUT2D eigenvalue weighted by molar-refractivity contribution is 0.280. The van der Waals surface area contributed by atoms with Crippen LogP contribution in [0.15, 0.2) is 181 Å². The van der Waals surface area contributed by atoms with Gasteiger partial charge in [-0.3, -0.25) is 5.41 Å². The van der Waals surface area contributed by atoms with E-state index in [0.717, 1.165) is 94.8 Å². The Kier molecular flexibility index (Phi) is 15.9. The number of ether oxygens (including phenoxy) is 2. The van der Waals surface area contributed by atoms with E-state index in [2.05, 4.69) is 29.8 Å². The predicted octanol–water partition coefficient (Wildman–Crippen LogP) is 17.7. The number of nitrogens with one attached hydrogen (secondary N) is 1. The molecular weight excluding hydrogens is 919 g/mol. The van der Waals surface area contributed by atoms with Gasteiger partial charge in [0, 0.05) is 33.4 Å². The van der Waals surface area contributed by atoms with Gasteiger partial charge in [-0.2, -0.15) is 10.2 Å². The van der Waals surface area contributed by atoms with Crippen LogP contribution in [0.2, 0.25) is 0 Å². The molecule has 5 nitrogen and oxygen atoms in total. The number of hydrogen-bond donors (Lipinski definition) is 1. The van der Waals surface area contributed by atoms with Gasteiger partial charge in [0.05, 0.1) is 25.6 Å². The number of halogens is 4. The van der Waals surface area contributed by atoms with Crippen LogP contribution in [0.4, 0.5) is 17.6 Å². The molecular formula is C64H55F4N3O2. The smallest absolute Gasteiger partial charge is 0.205 e. The van der Waals surface area contributed by atoms with Crippen molar-refractivity contribution in [1.29, 1.82) is 5.41 Å². The monoisotopic (exact) mass is 973 g/mol. The van der Waals surface area contributed by atoms with Crippen LogP contribution in [0.5, 0.6) is 5.75 Å². The Hall–Kier alpha value is -8.17. The van der Waals surface area contributed by atoms with E-state index in [9.17, 15) is 0 Å². The minimum absolute atomic E-state index is 0.0387. The van der Waals surface area contributed by atoms with E-state index in [0.29, 0.717) is 30.1 Å². The van der Waals surface area contributed by atoms with Crippen LogP contribution >= 0.6 is 0 Å². The number of nitrogens with zero attached hydrogens (tertiary/aromatic N) is 2. The van der Waals surface area contributed by atoms with Crippen molar-refractivity contribution in [3.05, 3.63) is 210 Å². The highest BCUT2D eigenvalue weighted by molar-refractivity contribution is 6.13. The molecule has 1 N–H and O–H groups in total. The zero-order chi connectivity index (χ0) is 50.7. The summed E-state index contributed by atoms with van der Waals surface area (Å²) in [7, 11) is 0. The van der Waals surface area contributed by atoms with Crippen LogP contribution in [-0.2, 0) is 11.2 Å². The van der Waals surface area contributed by atoms with Gasteiger partial charge in [0.1, 0.15) is 17.4 Å². The van der Waals surface area contributed by atoms with Crippen molar-refractivity contribution in [2.45, 2.75) is 58.3 Å². The third-order valence-electron chi connectivity index (χ3n) is 13.3. The highest BCUT2D eigenvalue weighted by atomic mass is 19.2. The fourth-order valence-corrected chi connectivity index (χ4v) is 9.34. The van der Waals surface area contributed by atoms with Crippen molar-refractivity contribution in [1.82, 2.24) is 0 Å². The maximum Gasteiger partial charge on any atom is 0.205 e. The molecule has 0 bridgehead atoms. The van der Waals surface area contributed by atoms with E-state index < -0.39 is 23.3 Å². The summed E-state index contributed by atoms with van der Waals surface area (Å²) < 4.78 is 77.5. The zero-order valence-electron chi connectivity index (χ0n) is 40.7.